The van der Waals surface area contributed by atoms with Gasteiger partial charge in [0.15, 0.2) is 0 Å². The second-order valence-electron chi connectivity index (χ2n) is 7.58. The number of aromatic nitrogens is 2. The van der Waals surface area contributed by atoms with Gasteiger partial charge in [-0.05, 0) is 6.92 Å². The van der Waals surface area contributed by atoms with Crippen molar-refractivity contribution in [3.8, 4) is 11.1 Å². The standard InChI is InChI=1S/C23H23IN5O2S/c1-15-4-8-18(9-5-15)19-10-20-22(21(11-19)29-32(3,30)31)26-14-27-23(20)25-13-17-7-6-16(2)28-24-12-17/h4-12,14,29H,13H2,1-3H3,(H,25,26,27)/q-1. The quantitative estimate of drug-likeness (QED) is 0.444. The van der Waals surface area contributed by atoms with E-state index in [2.05, 4.69) is 33.4 Å². The molecule has 9 heteroatoms. The third-order valence-corrected chi connectivity index (χ3v) is 7.50. The van der Waals surface area contributed by atoms with Gasteiger partial charge in [0.05, 0.1) is 0 Å². The van der Waals surface area contributed by atoms with Crippen molar-refractivity contribution in [3.63, 3.8) is 0 Å². The average molecular weight is 560 g/mol. The molecule has 166 valence electrons. The Labute approximate surface area is 198 Å². The van der Waals surface area contributed by atoms with Crippen molar-refractivity contribution in [1.29, 1.82) is 0 Å². The molecule has 2 N–H and O–H groups in total. The molecule has 2 aromatic carbocycles. The number of nitrogens with one attached hydrogen (secondary N) is 2. The van der Waals surface area contributed by atoms with E-state index in [-0.39, 0.29) is 21.5 Å². The fraction of sp³-hybridized carbons (Fsp3) is 0.174. The molecule has 0 spiro atoms. The van der Waals surface area contributed by atoms with Crippen LogP contribution in [0.4, 0.5) is 11.5 Å². The molecule has 3 aromatic rings. The number of sulfonamides is 1. The first kappa shape index (κ1) is 22.4. The van der Waals surface area contributed by atoms with Gasteiger partial charge in [0, 0.05) is 0 Å². The van der Waals surface area contributed by atoms with Gasteiger partial charge < -0.3 is 0 Å². The van der Waals surface area contributed by atoms with E-state index in [1.807, 2.05) is 56.3 Å². The molecule has 32 heavy (non-hydrogen) atoms. The molecular weight excluding hydrogens is 537 g/mol. The van der Waals surface area contributed by atoms with Crippen LogP contribution in [-0.2, 0) is 10.0 Å². The van der Waals surface area contributed by atoms with Crippen LogP contribution >= 0.6 is 0 Å². The van der Waals surface area contributed by atoms with Gasteiger partial charge in [0.1, 0.15) is 0 Å². The van der Waals surface area contributed by atoms with E-state index in [0.29, 0.717) is 23.6 Å². The number of rotatable bonds is 6. The number of halogens is 1. The zero-order valence-electron chi connectivity index (χ0n) is 17.9. The van der Waals surface area contributed by atoms with Crippen LogP contribution in [0.3, 0.4) is 0 Å². The Balaban J connectivity index is 1.77. The van der Waals surface area contributed by atoms with Crippen LogP contribution in [0.25, 0.3) is 22.0 Å². The Hall–Kier alpha value is -2.79. The number of hydrogen-bond acceptors (Lipinski definition) is 6. The maximum absolute atomic E-state index is 12.0. The Morgan fingerprint density at radius 3 is 2.53 bits per heavy atom. The minimum atomic E-state index is -3.48. The van der Waals surface area contributed by atoms with Gasteiger partial charge in [0.2, 0.25) is 0 Å². The summed E-state index contributed by atoms with van der Waals surface area (Å²) in [6.07, 6.45) is 6.66. The van der Waals surface area contributed by atoms with Crippen LogP contribution in [-0.4, -0.2) is 36.9 Å². The van der Waals surface area contributed by atoms with Gasteiger partial charge in [0.25, 0.3) is 0 Å². The summed E-state index contributed by atoms with van der Waals surface area (Å²) in [6, 6.07) is 11.9. The summed E-state index contributed by atoms with van der Waals surface area (Å²) in [5, 5.41) is 4.14. The number of fused-ring (bicyclic) bond motifs is 1. The van der Waals surface area contributed by atoms with Crippen molar-refractivity contribution in [2.75, 3.05) is 22.8 Å². The van der Waals surface area contributed by atoms with Crippen molar-refractivity contribution in [3.05, 3.63) is 70.1 Å². The molecule has 0 amide bonds. The fourth-order valence-corrected chi connectivity index (χ4v) is 5.32. The zero-order chi connectivity index (χ0) is 22.7. The Kier molecular flexibility index (Phi) is 6.56. The second-order valence-corrected chi connectivity index (χ2v) is 11.0. The van der Waals surface area contributed by atoms with Gasteiger partial charge in [-0.1, -0.05) is 0 Å². The SMILES string of the molecule is CC1=N[I-]C=C(CNc2ncnc3c(NS(C)(=O)=O)cc(-c4ccc(C)cc4)cc23)C=C1. The summed E-state index contributed by atoms with van der Waals surface area (Å²) >= 11 is -0.357. The van der Waals surface area contributed by atoms with Crippen LogP contribution in [0.1, 0.15) is 12.5 Å². The van der Waals surface area contributed by atoms with Crippen molar-refractivity contribution >= 4 is 38.1 Å². The third-order valence-electron chi connectivity index (χ3n) is 4.79. The molecule has 0 bridgehead atoms. The van der Waals surface area contributed by atoms with Crippen molar-refractivity contribution in [2.45, 2.75) is 13.8 Å². The fourth-order valence-electron chi connectivity index (χ4n) is 3.24. The van der Waals surface area contributed by atoms with E-state index in [9.17, 15) is 8.42 Å². The van der Waals surface area contributed by atoms with Crippen molar-refractivity contribution in [1.82, 2.24) is 9.97 Å². The zero-order valence-corrected chi connectivity index (χ0v) is 20.9. The first-order valence-corrected chi connectivity index (χ1v) is 14.0. The van der Waals surface area contributed by atoms with E-state index in [1.54, 1.807) is 0 Å². The number of anilines is 2. The minimum absolute atomic E-state index is 0.357. The summed E-state index contributed by atoms with van der Waals surface area (Å²) in [4.78, 5) is 8.82. The molecule has 7 nitrogen and oxygen atoms in total. The number of allylic oxidation sites excluding steroid dienone is 1. The van der Waals surface area contributed by atoms with E-state index < -0.39 is 10.0 Å². The number of benzene rings is 2. The van der Waals surface area contributed by atoms with Crippen LogP contribution < -0.4 is 31.5 Å². The number of aryl methyl sites for hydroxylation is 1. The van der Waals surface area contributed by atoms with Crippen molar-refractivity contribution in [2.24, 2.45) is 3.21 Å². The molecule has 0 saturated carbocycles. The molecule has 0 saturated heterocycles. The van der Waals surface area contributed by atoms with Gasteiger partial charge >= 0.3 is 192 Å². The second kappa shape index (κ2) is 9.37. The van der Waals surface area contributed by atoms with Gasteiger partial charge in [-0.2, -0.15) is 0 Å². The predicted molar refractivity (Wildman–Crippen MR) is 127 cm³/mol. The van der Waals surface area contributed by atoms with Crippen LogP contribution in [0.5, 0.6) is 0 Å². The molecular formula is C23H23IN5O2S-. The topological polar surface area (TPSA) is 96.3 Å². The molecule has 1 aliphatic rings. The molecule has 2 heterocycles. The molecule has 1 aliphatic heterocycles. The Bertz CT molecular complexity index is 1360. The number of hydrogen-bond donors (Lipinski definition) is 2. The molecule has 4 rings (SSSR count). The van der Waals surface area contributed by atoms with Crippen LogP contribution in [0.15, 0.2) is 67.7 Å². The first-order valence-electron chi connectivity index (χ1n) is 9.90. The Morgan fingerprint density at radius 2 is 1.78 bits per heavy atom. The summed E-state index contributed by atoms with van der Waals surface area (Å²) in [6.45, 7) is 4.62. The molecule has 0 aliphatic carbocycles. The molecule has 0 radical (unpaired) electrons. The summed E-state index contributed by atoms with van der Waals surface area (Å²) in [7, 11) is -3.48. The Morgan fingerprint density at radius 1 is 1.00 bits per heavy atom. The van der Waals surface area contributed by atoms with Crippen LogP contribution in [0.2, 0.25) is 0 Å². The number of nitrogens with zero attached hydrogens (tertiary/aromatic N) is 3. The van der Waals surface area contributed by atoms with Gasteiger partial charge in [-0.15, -0.1) is 0 Å². The van der Waals surface area contributed by atoms with E-state index in [4.69, 9.17) is 0 Å². The summed E-state index contributed by atoms with van der Waals surface area (Å²) < 4.78 is 33.4. The molecule has 0 atom stereocenters. The van der Waals surface area contributed by atoms with E-state index >= 15 is 0 Å². The van der Waals surface area contributed by atoms with Gasteiger partial charge in [-0.25, -0.2) is 0 Å². The third kappa shape index (κ3) is 5.52. The monoisotopic (exact) mass is 560 g/mol. The summed E-state index contributed by atoms with van der Waals surface area (Å²) in [5.74, 6) is 0.648. The molecule has 0 fully saturated rings. The maximum atomic E-state index is 12.0. The van der Waals surface area contributed by atoms with Crippen LogP contribution in [0, 0.1) is 6.92 Å². The normalized spacial score (nSPS) is 14.2. The average Bonchev–Trinajstić information content (AvgIpc) is 2.95. The van der Waals surface area contributed by atoms with Gasteiger partial charge in [-0.3, -0.25) is 0 Å². The predicted octanol–water partition coefficient (Wildman–Crippen LogP) is 1.31. The molecule has 1 aromatic heterocycles. The first-order chi connectivity index (χ1) is 15.3. The van der Waals surface area contributed by atoms with E-state index in [0.717, 1.165) is 39.6 Å². The van der Waals surface area contributed by atoms with E-state index in [1.165, 1.54) is 6.33 Å². The molecule has 0 unspecified atom stereocenters. The van der Waals surface area contributed by atoms with Crippen molar-refractivity contribution < 1.29 is 29.9 Å². The summed E-state index contributed by atoms with van der Waals surface area (Å²) in [5.41, 5.74) is 6.17.